The standard InChI is InChI=1S/C8H15N5O/c1-3-13(4-2)8(14)11-7-6(9)5-10-12-7/h5H,3-4,9H2,1-2H3,(H2,10,11,12,14). The molecule has 0 unspecified atom stereocenters. The average molecular weight is 197 g/mol. The third kappa shape index (κ3) is 2.15. The van der Waals surface area contributed by atoms with E-state index in [-0.39, 0.29) is 6.03 Å². The lowest BCUT2D eigenvalue weighted by molar-refractivity contribution is 0.217. The molecule has 1 heterocycles. The Bertz CT molecular complexity index is 304. The third-order valence-corrected chi connectivity index (χ3v) is 1.95. The highest BCUT2D eigenvalue weighted by Crippen LogP contribution is 2.12. The van der Waals surface area contributed by atoms with E-state index in [2.05, 4.69) is 15.5 Å². The number of nitrogens with zero attached hydrogens (tertiary/aromatic N) is 2. The van der Waals surface area contributed by atoms with Crippen LogP contribution in [0.15, 0.2) is 6.20 Å². The summed E-state index contributed by atoms with van der Waals surface area (Å²) in [4.78, 5) is 13.2. The number of hydrogen-bond donors (Lipinski definition) is 3. The number of nitrogen functional groups attached to an aromatic ring is 1. The number of aromatic amines is 1. The van der Waals surface area contributed by atoms with Crippen LogP contribution in [0.3, 0.4) is 0 Å². The molecule has 0 aliphatic carbocycles. The smallest absolute Gasteiger partial charge is 0.323 e. The Morgan fingerprint density at radius 3 is 2.71 bits per heavy atom. The topological polar surface area (TPSA) is 87.0 Å². The van der Waals surface area contributed by atoms with Gasteiger partial charge in [0.2, 0.25) is 0 Å². The highest BCUT2D eigenvalue weighted by atomic mass is 16.2. The molecular formula is C8H15N5O. The zero-order chi connectivity index (χ0) is 10.6. The Balaban J connectivity index is 2.61. The van der Waals surface area contributed by atoms with Crippen molar-refractivity contribution in [3.05, 3.63) is 6.20 Å². The Morgan fingerprint density at radius 2 is 2.29 bits per heavy atom. The summed E-state index contributed by atoms with van der Waals surface area (Å²) in [6, 6.07) is -0.175. The van der Waals surface area contributed by atoms with Gasteiger partial charge in [0, 0.05) is 13.1 Å². The number of carbonyl (C=O) groups is 1. The number of rotatable bonds is 3. The molecule has 78 valence electrons. The normalized spacial score (nSPS) is 9.86. The van der Waals surface area contributed by atoms with Gasteiger partial charge in [-0.15, -0.1) is 0 Å². The molecule has 14 heavy (non-hydrogen) atoms. The van der Waals surface area contributed by atoms with E-state index < -0.39 is 0 Å². The van der Waals surface area contributed by atoms with E-state index in [1.807, 2.05) is 13.8 Å². The summed E-state index contributed by atoms with van der Waals surface area (Å²) >= 11 is 0. The van der Waals surface area contributed by atoms with Crippen molar-refractivity contribution in [3.63, 3.8) is 0 Å². The molecule has 0 bridgehead atoms. The molecule has 1 aromatic rings. The molecule has 0 aromatic carbocycles. The highest BCUT2D eigenvalue weighted by molar-refractivity contribution is 5.91. The van der Waals surface area contributed by atoms with Crippen molar-refractivity contribution in [2.24, 2.45) is 0 Å². The number of nitrogens with two attached hydrogens (primary N) is 1. The Kier molecular flexibility index (Phi) is 3.33. The van der Waals surface area contributed by atoms with Gasteiger partial charge in [-0.1, -0.05) is 0 Å². The summed E-state index contributed by atoms with van der Waals surface area (Å²) in [6.45, 7) is 5.16. The SMILES string of the molecule is CCN(CC)C(=O)Nc1[nH]ncc1N. The fourth-order valence-electron chi connectivity index (χ4n) is 1.09. The molecule has 2 amide bonds. The number of amides is 2. The van der Waals surface area contributed by atoms with E-state index in [0.29, 0.717) is 24.6 Å². The minimum Gasteiger partial charge on any atom is -0.394 e. The van der Waals surface area contributed by atoms with Crippen molar-refractivity contribution in [1.82, 2.24) is 15.1 Å². The van der Waals surface area contributed by atoms with Gasteiger partial charge in [-0.05, 0) is 13.8 Å². The van der Waals surface area contributed by atoms with Gasteiger partial charge >= 0.3 is 6.03 Å². The maximum atomic E-state index is 11.5. The molecule has 1 aromatic heterocycles. The minimum absolute atomic E-state index is 0.175. The lowest BCUT2D eigenvalue weighted by Gasteiger charge is -2.18. The zero-order valence-electron chi connectivity index (χ0n) is 8.37. The summed E-state index contributed by atoms with van der Waals surface area (Å²) in [7, 11) is 0. The number of nitrogens with one attached hydrogen (secondary N) is 2. The largest absolute Gasteiger partial charge is 0.394 e. The first-order valence-electron chi connectivity index (χ1n) is 4.53. The lowest BCUT2D eigenvalue weighted by Crippen LogP contribution is -2.34. The van der Waals surface area contributed by atoms with Crippen LogP contribution in [0.5, 0.6) is 0 Å². The van der Waals surface area contributed by atoms with E-state index in [0.717, 1.165) is 0 Å². The molecule has 0 atom stereocenters. The first kappa shape index (κ1) is 10.4. The molecule has 0 saturated carbocycles. The second-order valence-electron chi connectivity index (χ2n) is 2.80. The maximum Gasteiger partial charge on any atom is 0.323 e. The monoisotopic (exact) mass is 197 g/mol. The number of urea groups is 1. The van der Waals surface area contributed by atoms with Gasteiger partial charge < -0.3 is 10.6 Å². The van der Waals surface area contributed by atoms with Crippen LogP contribution < -0.4 is 11.1 Å². The lowest BCUT2D eigenvalue weighted by atomic mass is 10.5. The number of carbonyl (C=O) groups excluding carboxylic acids is 1. The predicted molar refractivity (Wildman–Crippen MR) is 54.9 cm³/mol. The fraction of sp³-hybridized carbons (Fsp3) is 0.500. The van der Waals surface area contributed by atoms with E-state index in [1.54, 1.807) is 4.90 Å². The molecule has 0 aliphatic heterocycles. The van der Waals surface area contributed by atoms with Crippen LogP contribution in [0.2, 0.25) is 0 Å². The van der Waals surface area contributed by atoms with Crippen LogP contribution in [-0.2, 0) is 0 Å². The second-order valence-corrected chi connectivity index (χ2v) is 2.80. The first-order valence-corrected chi connectivity index (χ1v) is 4.53. The van der Waals surface area contributed by atoms with Crippen molar-refractivity contribution < 1.29 is 4.79 Å². The molecule has 0 saturated heterocycles. The fourth-order valence-corrected chi connectivity index (χ4v) is 1.09. The summed E-state index contributed by atoms with van der Waals surface area (Å²) in [5.41, 5.74) is 5.98. The third-order valence-electron chi connectivity index (χ3n) is 1.95. The Hall–Kier alpha value is -1.72. The Labute approximate surface area is 82.5 Å². The quantitative estimate of drug-likeness (QED) is 0.671. The first-order chi connectivity index (χ1) is 6.69. The van der Waals surface area contributed by atoms with Gasteiger partial charge in [0.05, 0.1) is 11.9 Å². The van der Waals surface area contributed by atoms with Gasteiger partial charge in [-0.2, -0.15) is 5.10 Å². The molecule has 0 spiro atoms. The zero-order valence-corrected chi connectivity index (χ0v) is 8.37. The average Bonchev–Trinajstić information content (AvgIpc) is 2.54. The van der Waals surface area contributed by atoms with E-state index >= 15 is 0 Å². The van der Waals surface area contributed by atoms with E-state index in [9.17, 15) is 4.79 Å². The van der Waals surface area contributed by atoms with E-state index in [1.165, 1.54) is 6.20 Å². The Morgan fingerprint density at radius 1 is 1.64 bits per heavy atom. The second kappa shape index (κ2) is 4.50. The van der Waals surface area contributed by atoms with Gasteiger partial charge in [0.1, 0.15) is 0 Å². The van der Waals surface area contributed by atoms with Crippen LogP contribution in [0.25, 0.3) is 0 Å². The van der Waals surface area contributed by atoms with Crippen LogP contribution in [0.4, 0.5) is 16.3 Å². The number of hydrogen-bond acceptors (Lipinski definition) is 3. The van der Waals surface area contributed by atoms with Gasteiger partial charge in [-0.3, -0.25) is 10.4 Å². The molecule has 6 heteroatoms. The molecule has 6 nitrogen and oxygen atoms in total. The summed E-state index contributed by atoms with van der Waals surface area (Å²) in [5, 5.41) is 8.94. The highest BCUT2D eigenvalue weighted by Gasteiger charge is 2.11. The molecule has 4 N–H and O–H groups in total. The summed E-state index contributed by atoms with van der Waals surface area (Å²) in [5.74, 6) is 0.446. The van der Waals surface area contributed by atoms with E-state index in [4.69, 9.17) is 5.73 Å². The number of anilines is 2. The van der Waals surface area contributed by atoms with Crippen molar-refractivity contribution in [1.29, 1.82) is 0 Å². The molecule has 0 aliphatic rings. The molecule has 1 rings (SSSR count). The summed E-state index contributed by atoms with van der Waals surface area (Å²) in [6.07, 6.45) is 1.46. The van der Waals surface area contributed by atoms with Crippen molar-refractivity contribution >= 4 is 17.5 Å². The molecule has 0 fully saturated rings. The van der Waals surface area contributed by atoms with Crippen LogP contribution in [0, 0.1) is 0 Å². The molecular weight excluding hydrogens is 182 g/mol. The van der Waals surface area contributed by atoms with Crippen LogP contribution in [0.1, 0.15) is 13.8 Å². The minimum atomic E-state index is -0.175. The summed E-state index contributed by atoms with van der Waals surface area (Å²) < 4.78 is 0. The van der Waals surface area contributed by atoms with Crippen molar-refractivity contribution in [2.75, 3.05) is 24.1 Å². The molecule has 0 radical (unpaired) electrons. The van der Waals surface area contributed by atoms with Gasteiger partial charge in [0.25, 0.3) is 0 Å². The van der Waals surface area contributed by atoms with Crippen molar-refractivity contribution in [3.8, 4) is 0 Å². The number of H-pyrrole nitrogens is 1. The van der Waals surface area contributed by atoms with Gasteiger partial charge in [-0.25, -0.2) is 4.79 Å². The predicted octanol–water partition coefficient (Wildman–Crippen LogP) is 0.866. The maximum absolute atomic E-state index is 11.5. The van der Waals surface area contributed by atoms with Gasteiger partial charge in [0.15, 0.2) is 5.82 Å². The van der Waals surface area contributed by atoms with Crippen LogP contribution in [-0.4, -0.2) is 34.2 Å². The number of aromatic nitrogens is 2. The van der Waals surface area contributed by atoms with Crippen molar-refractivity contribution in [2.45, 2.75) is 13.8 Å². The van der Waals surface area contributed by atoms with Crippen LogP contribution >= 0.6 is 0 Å².